The molecule has 0 radical (unpaired) electrons. The van der Waals surface area contributed by atoms with Gasteiger partial charge in [0.15, 0.2) is 0 Å². The second kappa shape index (κ2) is 6.44. The molecule has 0 aromatic heterocycles. The lowest BCUT2D eigenvalue weighted by atomic mass is 10.2. The average Bonchev–Trinajstić information content (AvgIpc) is 2.91. The van der Waals surface area contributed by atoms with Crippen LogP contribution in [0.15, 0.2) is 59.2 Å². The molecule has 1 aliphatic heterocycles. The van der Waals surface area contributed by atoms with Crippen molar-refractivity contribution in [2.75, 3.05) is 6.61 Å². The molecular weight excluding hydrogens is 295 g/mol. The van der Waals surface area contributed by atoms with E-state index in [2.05, 4.69) is 10.3 Å². The van der Waals surface area contributed by atoms with Crippen molar-refractivity contribution in [3.8, 4) is 5.75 Å². The van der Waals surface area contributed by atoms with Crippen molar-refractivity contribution in [3.05, 3.63) is 71.2 Å². The van der Waals surface area contributed by atoms with E-state index in [0.717, 1.165) is 11.3 Å². The van der Waals surface area contributed by atoms with Crippen LogP contribution in [-0.2, 0) is 4.79 Å². The van der Waals surface area contributed by atoms with Gasteiger partial charge >= 0.3 is 0 Å². The van der Waals surface area contributed by atoms with Gasteiger partial charge in [-0.1, -0.05) is 12.1 Å². The third-order valence-electron chi connectivity index (χ3n) is 3.31. The molecule has 0 unspecified atom stereocenters. The molecule has 4 nitrogen and oxygen atoms in total. The summed E-state index contributed by atoms with van der Waals surface area (Å²) in [5.41, 5.74) is 1.83. The van der Waals surface area contributed by atoms with Crippen molar-refractivity contribution in [1.29, 1.82) is 0 Å². The predicted octanol–water partition coefficient (Wildman–Crippen LogP) is 3.14. The van der Waals surface area contributed by atoms with Gasteiger partial charge < -0.3 is 10.1 Å². The predicted molar refractivity (Wildman–Crippen MR) is 86.7 cm³/mol. The number of nitrogens with one attached hydrogen (secondary N) is 1. The molecule has 0 aliphatic carbocycles. The summed E-state index contributed by atoms with van der Waals surface area (Å²) in [7, 11) is 0. The summed E-state index contributed by atoms with van der Waals surface area (Å²) >= 11 is 0. The van der Waals surface area contributed by atoms with Gasteiger partial charge in [-0.15, -0.1) is 0 Å². The smallest absolute Gasteiger partial charge is 0.275 e. The van der Waals surface area contributed by atoms with Gasteiger partial charge in [-0.2, -0.15) is 0 Å². The Balaban J connectivity index is 1.84. The molecule has 0 fully saturated rings. The van der Waals surface area contributed by atoms with Crippen LogP contribution >= 0.6 is 0 Å². The highest BCUT2D eigenvalue weighted by molar-refractivity contribution is 6.19. The maximum Gasteiger partial charge on any atom is 0.275 e. The quantitative estimate of drug-likeness (QED) is 0.882. The van der Waals surface area contributed by atoms with Crippen molar-refractivity contribution in [1.82, 2.24) is 5.32 Å². The molecule has 2 aromatic rings. The van der Waals surface area contributed by atoms with Crippen LogP contribution in [0.25, 0.3) is 6.08 Å². The molecule has 1 heterocycles. The largest absolute Gasteiger partial charge is 0.494 e. The van der Waals surface area contributed by atoms with Gasteiger partial charge in [0.05, 0.1) is 6.61 Å². The van der Waals surface area contributed by atoms with Crippen LogP contribution in [0.1, 0.15) is 18.1 Å². The van der Waals surface area contributed by atoms with E-state index < -0.39 is 0 Å². The Bertz CT molecular complexity index is 778. The minimum absolute atomic E-state index is 0.279. The molecule has 1 N–H and O–H groups in total. The third kappa shape index (κ3) is 3.45. The van der Waals surface area contributed by atoms with Gasteiger partial charge in [0.1, 0.15) is 23.1 Å². The number of amidine groups is 1. The van der Waals surface area contributed by atoms with E-state index >= 15 is 0 Å². The van der Waals surface area contributed by atoms with Gasteiger partial charge in [0.25, 0.3) is 5.91 Å². The van der Waals surface area contributed by atoms with Crippen molar-refractivity contribution >= 4 is 17.8 Å². The molecule has 0 bridgehead atoms. The number of aliphatic imine (C=N–C) groups is 1. The van der Waals surface area contributed by atoms with Gasteiger partial charge in [0, 0.05) is 5.56 Å². The average molecular weight is 310 g/mol. The maximum absolute atomic E-state index is 13.0. The van der Waals surface area contributed by atoms with E-state index in [4.69, 9.17) is 4.74 Å². The lowest BCUT2D eigenvalue weighted by Crippen LogP contribution is -2.24. The fourth-order valence-electron chi connectivity index (χ4n) is 2.20. The van der Waals surface area contributed by atoms with E-state index in [1.807, 2.05) is 31.2 Å². The Labute approximate surface area is 133 Å². The highest BCUT2D eigenvalue weighted by Gasteiger charge is 2.20. The Morgan fingerprint density at radius 1 is 1.13 bits per heavy atom. The second-order valence-corrected chi connectivity index (χ2v) is 4.95. The zero-order valence-electron chi connectivity index (χ0n) is 12.5. The first kappa shape index (κ1) is 15.0. The summed E-state index contributed by atoms with van der Waals surface area (Å²) in [6.07, 6.45) is 1.70. The number of amides is 1. The molecule has 1 amide bonds. The lowest BCUT2D eigenvalue weighted by Gasteiger charge is -2.02. The molecule has 0 saturated carbocycles. The van der Waals surface area contributed by atoms with Crippen LogP contribution in [0.5, 0.6) is 5.75 Å². The number of ether oxygens (including phenoxy) is 1. The lowest BCUT2D eigenvalue weighted by molar-refractivity contribution is -0.115. The number of carbonyl (C=O) groups excluding carboxylic acids is 1. The summed E-state index contributed by atoms with van der Waals surface area (Å²) in [5.74, 6) is 0.593. The normalized spacial score (nSPS) is 15.5. The third-order valence-corrected chi connectivity index (χ3v) is 3.31. The van der Waals surface area contributed by atoms with E-state index in [9.17, 15) is 9.18 Å². The first-order valence-electron chi connectivity index (χ1n) is 7.26. The first-order valence-corrected chi connectivity index (χ1v) is 7.26. The van der Waals surface area contributed by atoms with Crippen molar-refractivity contribution < 1.29 is 13.9 Å². The van der Waals surface area contributed by atoms with Crippen LogP contribution < -0.4 is 10.1 Å². The first-order chi connectivity index (χ1) is 11.2. The van der Waals surface area contributed by atoms with Crippen LogP contribution in [0.4, 0.5) is 4.39 Å². The van der Waals surface area contributed by atoms with E-state index in [-0.39, 0.29) is 11.7 Å². The summed E-state index contributed by atoms with van der Waals surface area (Å²) < 4.78 is 18.3. The van der Waals surface area contributed by atoms with Gasteiger partial charge in [-0.25, -0.2) is 9.38 Å². The number of benzene rings is 2. The Morgan fingerprint density at radius 3 is 2.48 bits per heavy atom. The topological polar surface area (TPSA) is 50.7 Å². The minimum atomic E-state index is -0.330. The van der Waals surface area contributed by atoms with Gasteiger partial charge in [0.2, 0.25) is 0 Å². The highest BCUT2D eigenvalue weighted by atomic mass is 19.1. The molecular formula is C18H15FN2O2. The van der Waals surface area contributed by atoms with Crippen molar-refractivity contribution in [3.63, 3.8) is 0 Å². The van der Waals surface area contributed by atoms with Crippen molar-refractivity contribution in [2.24, 2.45) is 4.99 Å². The summed E-state index contributed by atoms with van der Waals surface area (Å²) in [6.45, 7) is 2.53. The summed E-state index contributed by atoms with van der Waals surface area (Å²) in [6, 6.07) is 13.2. The molecule has 23 heavy (non-hydrogen) atoms. The Morgan fingerprint density at radius 2 is 1.83 bits per heavy atom. The molecule has 0 atom stereocenters. The van der Waals surface area contributed by atoms with Crippen LogP contribution in [0.2, 0.25) is 0 Å². The molecule has 0 spiro atoms. The number of carbonyl (C=O) groups is 1. The van der Waals surface area contributed by atoms with Crippen LogP contribution in [0, 0.1) is 5.82 Å². The standard InChI is InChI=1S/C18H15FN2O2/c1-2-23-15-9-3-12(4-10-15)11-16-18(22)21-17(20-16)13-5-7-14(19)8-6-13/h3-11H,2H2,1H3,(H,20,21,22)/b16-11+. The Hall–Kier alpha value is -2.95. The number of rotatable bonds is 4. The monoisotopic (exact) mass is 310 g/mol. The molecule has 3 rings (SSSR count). The molecule has 0 saturated heterocycles. The summed E-state index contributed by atoms with van der Waals surface area (Å²) in [5, 5.41) is 2.69. The molecule has 5 heteroatoms. The number of hydrogen-bond acceptors (Lipinski definition) is 3. The van der Waals surface area contributed by atoms with Crippen LogP contribution in [0.3, 0.4) is 0 Å². The number of halogens is 1. The fourth-order valence-corrected chi connectivity index (χ4v) is 2.20. The zero-order chi connectivity index (χ0) is 16.2. The maximum atomic E-state index is 13.0. The molecule has 2 aromatic carbocycles. The van der Waals surface area contributed by atoms with Crippen molar-refractivity contribution in [2.45, 2.75) is 6.92 Å². The van der Waals surface area contributed by atoms with Crippen LogP contribution in [-0.4, -0.2) is 18.3 Å². The number of hydrogen-bond donors (Lipinski definition) is 1. The Kier molecular flexibility index (Phi) is 4.19. The minimum Gasteiger partial charge on any atom is -0.494 e. The van der Waals surface area contributed by atoms with E-state index in [1.165, 1.54) is 12.1 Å². The highest BCUT2D eigenvalue weighted by Crippen LogP contribution is 2.18. The summed E-state index contributed by atoms with van der Waals surface area (Å²) in [4.78, 5) is 16.3. The van der Waals surface area contributed by atoms with E-state index in [0.29, 0.717) is 23.7 Å². The SMILES string of the molecule is CCOc1ccc(/C=C2/N=C(c3ccc(F)cc3)NC2=O)cc1. The zero-order valence-corrected chi connectivity index (χ0v) is 12.5. The van der Waals surface area contributed by atoms with E-state index in [1.54, 1.807) is 18.2 Å². The fraction of sp³-hybridized carbons (Fsp3) is 0.111. The van der Waals surface area contributed by atoms with Gasteiger partial charge in [-0.3, -0.25) is 4.79 Å². The molecule has 1 aliphatic rings. The molecule has 116 valence electrons. The number of nitrogens with zero attached hydrogens (tertiary/aromatic N) is 1. The van der Waals surface area contributed by atoms with Gasteiger partial charge in [-0.05, 0) is 55.0 Å². The second-order valence-electron chi connectivity index (χ2n) is 4.95.